The summed E-state index contributed by atoms with van der Waals surface area (Å²) in [6, 6.07) is 13.5. The Hall–Kier alpha value is -4.94. The molecule has 5 rings (SSSR count). The molecule has 0 atom stereocenters. The van der Waals surface area contributed by atoms with E-state index in [0.717, 1.165) is 0 Å². The summed E-state index contributed by atoms with van der Waals surface area (Å²) in [7, 11) is 0. The maximum atomic E-state index is 13.6. The lowest BCUT2D eigenvalue weighted by atomic mass is 9.99. The van der Waals surface area contributed by atoms with Crippen LogP contribution >= 0.6 is 0 Å². The maximum absolute atomic E-state index is 13.6. The molecule has 0 spiro atoms. The number of benzene rings is 1. The van der Waals surface area contributed by atoms with Crippen molar-refractivity contribution in [2.24, 2.45) is 0 Å². The fourth-order valence-electron chi connectivity index (χ4n) is 3.69. The van der Waals surface area contributed by atoms with Gasteiger partial charge in [0.15, 0.2) is 0 Å². The minimum Gasteiger partial charge on any atom is -0.471 e. The van der Waals surface area contributed by atoms with Gasteiger partial charge in [0, 0.05) is 11.3 Å². The van der Waals surface area contributed by atoms with Gasteiger partial charge in [0.05, 0.1) is 17.0 Å². The molecule has 0 aliphatic heterocycles. The van der Waals surface area contributed by atoms with Gasteiger partial charge in [-0.2, -0.15) is 10.2 Å². The van der Waals surface area contributed by atoms with Crippen molar-refractivity contribution in [1.29, 1.82) is 0 Å². The Balaban J connectivity index is 1.61. The first kappa shape index (κ1) is 23.8. The van der Waals surface area contributed by atoms with Crippen LogP contribution in [0.15, 0.2) is 54.6 Å². The summed E-state index contributed by atoms with van der Waals surface area (Å²) >= 11 is 0. The van der Waals surface area contributed by atoms with Crippen molar-refractivity contribution in [3.63, 3.8) is 0 Å². The molecule has 3 N–H and O–H groups in total. The van der Waals surface area contributed by atoms with E-state index < -0.39 is 17.9 Å². The van der Waals surface area contributed by atoms with Gasteiger partial charge in [-0.25, -0.2) is 23.1 Å². The Labute approximate surface area is 207 Å². The second-order valence-electron chi connectivity index (χ2n) is 7.88. The van der Waals surface area contributed by atoms with Gasteiger partial charge in [0.1, 0.15) is 23.8 Å². The van der Waals surface area contributed by atoms with Gasteiger partial charge in [-0.15, -0.1) is 10.2 Å². The van der Waals surface area contributed by atoms with Crippen LogP contribution in [0.2, 0.25) is 0 Å². The average molecular weight is 505 g/mol. The van der Waals surface area contributed by atoms with Gasteiger partial charge >= 0.3 is 0 Å². The number of nitrogens with zero attached hydrogens (tertiary/aromatic N) is 7. The van der Waals surface area contributed by atoms with Gasteiger partial charge in [-0.05, 0) is 66.2 Å². The van der Waals surface area contributed by atoms with Crippen molar-refractivity contribution in [2.45, 2.75) is 20.0 Å². The van der Waals surface area contributed by atoms with Crippen molar-refractivity contribution in [2.75, 3.05) is 5.73 Å². The van der Waals surface area contributed by atoms with Gasteiger partial charge < -0.3 is 10.5 Å². The number of pyridine rings is 2. The van der Waals surface area contributed by atoms with E-state index in [0.29, 0.717) is 39.6 Å². The quantitative estimate of drug-likeness (QED) is 0.331. The highest BCUT2D eigenvalue weighted by molar-refractivity contribution is 5.85. The van der Waals surface area contributed by atoms with Crippen LogP contribution in [0.4, 0.5) is 19.1 Å². The van der Waals surface area contributed by atoms with E-state index >= 15 is 0 Å². The largest absolute Gasteiger partial charge is 0.471 e. The number of H-pyrrole nitrogens is 1. The van der Waals surface area contributed by atoms with Crippen molar-refractivity contribution < 1.29 is 17.9 Å². The zero-order valence-corrected chi connectivity index (χ0v) is 19.2. The lowest BCUT2D eigenvalue weighted by Gasteiger charge is -2.16. The number of hydrogen-bond acceptors (Lipinski definition) is 9. The third-order valence-electron chi connectivity index (χ3n) is 5.23. The summed E-state index contributed by atoms with van der Waals surface area (Å²) < 4.78 is 46.8. The zero-order chi connectivity index (χ0) is 25.9. The molecule has 4 heterocycles. The Morgan fingerprint density at radius 2 is 1.78 bits per heavy atom. The predicted molar refractivity (Wildman–Crippen MR) is 127 cm³/mol. The molecule has 0 fully saturated rings. The summed E-state index contributed by atoms with van der Waals surface area (Å²) in [6.45, 7) is 1.54. The Kier molecular flexibility index (Phi) is 6.41. The predicted octanol–water partition coefficient (Wildman–Crippen LogP) is 4.33. The van der Waals surface area contributed by atoms with Gasteiger partial charge in [-0.3, -0.25) is 4.98 Å². The Bertz CT molecular complexity index is 1540. The van der Waals surface area contributed by atoms with Gasteiger partial charge in [0.2, 0.25) is 17.7 Å². The number of tetrazole rings is 1. The third kappa shape index (κ3) is 5.19. The van der Waals surface area contributed by atoms with Crippen LogP contribution in [0.1, 0.15) is 23.5 Å². The number of aromatic nitrogens is 8. The van der Waals surface area contributed by atoms with E-state index in [1.807, 2.05) is 0 Å². The molecule has 0 aliphatic carbocycles. The zero-order valence-electron chi connectivity index (χ0n) is 19.2. The molecular formula is C24H18F3N9O. The van der Waals surface area contributed by atoms with Gasteiger partial charge in [0.25, 0.3) is 6.43 Å². The number of aryl methyl sites for hydroxylation is 1. The van der Waals surface area contributed by atoms with E-state index in [1.165, 1.54) is 30.3 Å². The van der Waals surface area contributed by atoms with Crippen LogP contribution in [0.5, 0.6) is 5.88 Å². The second-order valence-corrected chi connectivity index (χ2v) is 7.88. The molecule has 5 aromatic rings. The first-order chi connectivity index (χ1) is 17.9. The SMILES string of the molecule is Cc1cc(-c2c(OCc3cccc(-c4nn[nH]n4)n3)nc(N)nc2-c2ccc(F)cc2)cc(C(F)F)n1. The normalized spacial score (nSPS) is 11.2. The molecule has 0 unspecified atom stereocenters. The van der Waals surface area contributed by atoms with Crippen LogP contribution in [0.25, 0.3) is 33.9 Å². The summed E-state index contributed by atoms with van der Waals surface area (Å²) in [5.41, 5.74) is 8.30. The third-order valence-corrected chi connectivity index (χ3v) is 5.23. The summed E-state index contributed by atoms with van der Waals surface area (Å²) in [6.07, 6.45) is -2.80. The number of alkyl halides is 2. The smallest absolute Gasteiger partial charge is 0.280 e. The molecule has 13 heteroatoms. The Morgan fingerprint density at radius 1 is 0.973 bits per heavy atom. The van der Waals surface area contributed by atoms with Crippen LogP contribution < -0.4 is 10.5 Å². The van der Waals surface area contributed by atoms with E-state index in [4.69, 9.17) is 10.5 Å². The lowest BCUT2D eigenvalue weighted by molar-refractivity contribution is 0.146. The van der Waals surface area contributed by atoms with Crippen molar-refractivity contribution in [3.8, 4) is 39.8 Å². The second kappa shape index (κ2) is 9.97. The lowest BCUT2D eigenvalue weighted by Crippen LogP contribution is -2.07. The summed E-state index contributed by atoms with van der Waals surface area (Å²) in [5.74, 6) is -0.230. The first-order valence-corrected chi connectivity index (χ1v) is 10.9. The van der Waals surface area contributed by atoms with Crippen molar-refractivity contribution >= 4 is 5.95 Å². The topological polar surface area (TPSA) is 141 Å². The van der Waals surface area contributed by atoms with E-state index in [2.05, 4.69) is 40.6 Å². The van der Waals surface area contributed by atoms with Crippen molar-refractivity contribution in [1.82, 2.24) is 40.6 Å². The number of rotatable bonds is 7. The molecule has 0 bridgehead atoms. The number of nitrogens with one attached hydrogen (secondary N) is 1. The number of ether oxygens (including phenoxy) is 1. The van der Waals surface area contributed by atoms with Crippen LogP contribution in [0, 0.1) is 12.7 Å². The molecule has 0 aliphatic rings. The molecule has 37 heavy (non-hydrogen) atoms. The fourth-order valence-corrected chi connectivity index (χ4v) is 3.69. The number of nitrogen functional groups attached to an aromatic ring is 1. The monoisotopic (exact) mass is 505 g/mol. The van der Waals surface area contributed by atoms with Crippen LogP contribution in [0.3, 0.4) is 0 Å². The number of aromatic amines is 1. The number of nitrogens with two attached hydrogens (primary N) is 1. The molecule has 0 saturated heterocycles. The molecule has 0 amide bonds. The highest BCUT2D eigenvalue weighted by Gasteiger charge is 2.22. The average Bonchev–Trinajstić information content (AvgIpc) is 3.42. The molecule has 1 aromatic carbocycles. The summed E-state index contributed by atoms with van der Waals surface area (Å²) in [5, 5.41) is 13.7. The molecule has 0 saturated carbocycles. The molecular weight excluding hydrogens is 487 g/mol. The summed E-state index contributed by atoms with van der Waals surface area (Å²) in [4.78, 5) is 16.9. The fraction of sp³-hybridized carbons (Fsp3) is 0.125. The Morgan fingerprint density at radius 3 is 2.51 bits per heavy atom. The van der Waals surface area contributed by atoms with Crippen molar-refractivity contribution in [3.05, 3.63) is 77.5 Å². The number of hydrogen-bond donors (Lipinski definition) is 2. The number of halogens is 3. The van der Waals surface area contributed by atoms with E-state index in [1.54, 1.807) is 31.2 Å². The minimum absolute atomic E-state index is 0.0319. The first-order valence-electron chi connectivity index (χ1n) is 10.9. The van der Waals surface area contributed by atoms with Crippen LogP contribution in [-0.2, 0) is 6.61 Å². The van der Waals surface area contributed by atoms with Gasteiger partial charge in [-0.1, -0.05) is 6.07 Å². The molecule has 4 aromatic heterocycles. The molecule has 186 valence electrons. The number of anilines is 1. The molecule has 0 radical (unpaired) electrons. The standard InChI is InChI=1S/C24H18F3N9O/c1-12-9-14(10-18(29-12)21(26)27)19-20(13-5-7-15(25)8-6-13)31-24(28)32-23(19)37-11-16-3-2-4-17(30-16)22-33-35-36-34-22/h2-10,21H,11H2,1H3,(H2,28,31,32)(H,33,34,35,36). The highest BCUT2D eigenvalue weighted by atomic mass is 19.3. The van der Waals surface area contributed by atoms with Crippen LogP contribution in [-0.4, -0.2) is 40.6 Å². The highest BCUT2D eigenvalue weighted by Crippen LogP contribution is 2.39. The van der Waals surface area contributed by atoms with E-state index in [9.17, 15) is 13.2 Å². The molecule has 10 nitrogen and oxygen atoms in total. The van der Waals surface area contributed by atoms with E-state index in [-0.39, 0.29) is 24.1 Å². The maximum Gasteiger partial charge on any atom is 0.280 e. The minimum atomic E-state index is -2.80.